The van der Waals surface area contributed by atoms with Gasteiger partial charge in [0.1, 0.15) is 36.8 Å². The third kappa shape index (κ3) is 10.1. The minimum atomic E-state index is -0.580. The molecule has 0 saturated carbocycles. The summed E-state index contributed by atoms with van der Waals surface area (Å²) in [7, 11) is -0.446. The SMILES string of the molecule is NCc1ccc(-c2ccc3c(c2)OC[C@H]2[C@H](CO)OC(=O)N32)cn1.[N-]=[N+]=NCc1ccc(-c2ccc3c(c2)OC[C@H]2[C@H](CO)OC(=O)N32)cn1.c1ccc(P(c2ccccc2)c2ccccc2)cc1. The number of aliphatic hydroxyl groups excluding tert-OH is 2. The first kappa shape index (κ1) is 46.3. The van der Waals surface area contributed by atoms with Crippen LogP contribution in [0.4, 0.5) is 21.0 Å². The number of nitrogens with two attached hydrogens (primary N) is 1. The van der Waals surface area contributed by atoms with E-state index in [-0.39, 0.29) is 45.1 Å². The lowest BCUT2D eigenvalue weighted by molar-refractivity contribution is 0.0732. The van der Waals surface area contributed by atoms with E-state index >= 15 is 0 Å². The highest BCUT2D eigenvalue weighted by Crippen LogP contribution is 2.42. The number of azide groups is 1. The van der Waals surface area contributed by atoms with Crippen molar-refractivity contribution in [1.29, 1.82) is 0 Å². The summed E-state index contributed by atoms with van der Waals surface area (Å²) in [6, 6.07) is 50.3. The van der Waals surface area contributed by atoms with E-state index in [1.54, 1.807) is 29.4 Å². The van der Waals surface area contributed by atoms with Crippen molar-refractivity contribution in [2.45, 2.75) is 37.4 Å². The van der Waals surface area contributed by atoms with Gasteiger partial charge in [0.2, 0.25) is 0 Å². The molecular formula is C52H47N8O8P. The van der Waals surface area contributed by atoms with Crippen LogP contribution in [-0.4, -0.2) is 83.1 Å². The average Bonchev–Trinajstić information content (AvgIpc) is 3.94. The van der Waals surface area contributed by atoms with Crippen LogP contribution in [0.2, 0.25) is 0 Å². The van der Waals surface area contributed by atoms with Gasteiger partial charge in [0.15, 0.2) is 12.2 Å². The Bertz CT molecular complexity index is 2840. The molecule has 2 aromatic heterocycles. The van der Waals surface area contributed by atoms with E-state index in [9.17, 15) is 19.8 Å². The van der Waals surface area contributed by atoms with Crippen molar-refractivity contribution in [3.05, 3.63) is 186 Å². The zero-order valence-electron chi connectivity index (χ0n) is 37.1. The molecule has 2 fully saturated rings. The van der Waals surface area contributed by atoms with Crippen LogP contribution in [0.1, 0.15) is 11.4 Å². The summed E-state index contributed by atoms with van der Waals surface area (Å²) >= 11 is 0. The number of aliphatic hydroxyl groups is 2. The van der Waals surface area contributed by atoms with Crippen molar-refractivity contribution in [2.75, 3.05) is 36.2 Å². The Labute approximate surface area is 398 Å². The fourth-order valence-electron chi connectivity index (χ4n) is 8.42. The van der Waals surface area contributed by atoms with Crippen LogP contribution < -0.4 is 40.9 Å². The van der Waals surface area contributed by atoms with Gasteiger partial charge in [-0.25, -0.2) is 9.59 Å². The number of hydrogen-bond acceptors (Lipinski definition) is 12. The van der Waals surface area contributed by atoms with Gasteiger partial charge in [-0.15, -0.1) is 0 Å². The number of carbonyl (C=O) groups excluding carboxylic acids is 2. The first-order valence-corrected chi connectivity index (χ1v) is 23.5. The van der Waals surface area contributed by atoms with Gasteiger partial charge in [0, 0.05) is 40.7 Å². The number of nitrogens with zero attached hydrogens (tertiary/aromatic N) is 7. The molecule has 7 aromatic rings. The Hall–Kier alpha value is -7.84. The van der Waals surface area contributed by atoms with Crippen molar-refractivity contribution in [2.24, 2.45) is 10.8 Å². The predicted molar refractivity (Wildman–Crippen MR) is 263 cm³/mol. The Morgan fingerprint density at radius 2 is 1.03 bits per heavy atom. The molecule has 69 heavy (non-hydrogen) atoms. The normalized spacial score (nSPS) is 18.2. The van der Waals surface area contributed by atoms with Gasteiger partial charge in [0.05, 0.1) is 36.8 Å². The maximum atomic E-state index is 12.1. The lowest BCUT2D eigenvalue weighted by Gasteiger charge is -2.31. The number of anilines is 2. The maximum absolute atomic E-state index is 12.1. The lowest BCUT2D eigenvalue weighted by Crippen LogP contribution is -2.45. The molecule has 6 heterocycles. The van der Waals surface area contributed by atoms with E-state index in [0.29, 0.717) is 35.1 Å². The summed E-state index contributed by atoms with van der Waals surface area (Å²) in [6.07, 6.45) is 1.39. The summed E-state index contributed by atoms with van der Waals surface area (Å²) in [5, 5.41) is 26.4. The van der Waals surface area contributed by atoms with E-state index < -0.39 is 32.3 Å². The number of fused-ring (bicyclic) bond motifs is 6. The highest BCUT2D eigenvalue weighted by atomic mass is 31.1. The summed E-state index contributed by atoms with van der Waals surface area (Å²) in [5.41, 5.74) is 20.3. The fourth-order valence-corrected chi connectivity index (χ4v) is 10.7. The van der Waals surface area contributed by atoms with Gasteiger partial charge in [-0.2, -0.15) is 0 Å². The van der Waals surface area contributed by atoms with Gasteiger partial charge in [-0.05, 0) is 76.9 Å². The molecule has 0 aliphatic carbocycles. The van der Waals surface area contributed by atoms with Crippen molar-refractivity contribution in [3.63, 3.8) is 0 Å². The highest BCUT2D eigenvalue weighted by Gasteiger charge is 2.47. The van der Waals surface area contributed by atoms with Crippen molar-refractivity contribution in [3.8, 4) is 33.8 Å². The van der Waals surface area contributed by atoms with E-state index in [2.05, 4.69) is 111 Å². The largest absolute Gasteiger partial charge is 0.489 e. The number of benzene rings is 5. The van der Waals surface area contributed by atoms with E-state index in [0.717, 1.165) is 27.9 Å². The number of carbonyl (C=O) groups is 2. The first-order valence-electron chi connectivity index (χ1n) is 22.2. The fraction of sp³-hybridized carbons (Fsp3) is 0.192. The lowest BCUT2D eigenvalue weighted by atomic mass is 10.0. The maximum Gasteiger partial charge on any atom is 0.415 e. The minimum Gasteiger partial charge on any atom is -0.489 e. The molecule has 0 spiro atoms. The van der Waals surface area contributed by atoms with Crippen LogP contribution in [0.15, 0.2) is 169 Å². The monoisotopic (exact) mass is 942 g/mol. The predicted octanol–water partition coefficient (Wildman–Crippen LogP) is 7.37. The second-order valence-corrected chi connectivity index (χ2v) is 18.3. The summed E-state index contributed by atoms with van der Waals surface area (Å²) in [5.74, 6) is 1.19. The van der Waals surface area contributed by atoms with Crippen molar-refractivity contribution >= 4 is 47.4 Å². The molecule has 348 valence electrons. The molecule has 0 bridgehead atoms. The summed E-state index contributed by atoms with van der Waals surface area (Å²) < 4.78 is 22.0. The molecule has 5 aromatic carbocycles. The number of hydrogen-bond donors (Lipinski definition) is 3. The van der Waals surface area contributed by atoms with E-state index in [4.69, 9.17) is 30.2 Å². The van der Waals surface area contributed by atoms with Crippen LogP contribution in [0.3, 0.4) is 0 Å². The van der Waals surface area contributed by atoms with E-state index in [1.165, 1.54) is 20.8 Å². The van der Waals surface area contributed by atoms with Gasteiger partial charge in [-0.3, -0.25) is 19.8 Å². The van der Waals surface area contributed by atoms with Gasteiger partial charge < -0.3 is 34.9 Å². The molecular weight excluding hydrogens is 896 g/mol. The zero-order valence-corrected chi connectivity index (χ0v) is 38.0. The molecule has 16 nitrogen and oxygen atoms in total. The van der Waals surface area contributed by atoms with Crippen LogP contribution in [0.5, 0.6) is 11.5 Å². The second kappa shape index (κ2) is 21.4. The van der Waals surface area contributed by atoms with Crippen molar-refractivity contribution < 1.29 is 38.7 Å². The molecule has 4 aliphatic rings. The molecule has 4 N–H and O–H groups in total. The zero-order chi connectivity index (χ0) is 47.7. The average molecular weight is 943 g/mol. The van der Waals surface area contributed by atoms with E-state index in [1.807, 2.05) is 48.5 Å². The van der Waals surface area contributed by atoms with Gasteiger partial charge in [-0.1, -0.05) is 120 Å². The van der Waals surface area contributed by atoms with Crippen LogP contribution in [-0.2, 0) is 22.6 Å². The molecule has 0 radical (unpaired) electrons. The van der Waals surface area contributed by atoms with Gasteiger partial charge >= 0.3 is 12.2 Å². The second-order valence-electron chi connectivity index (χ2n) is 16.1. The number of rotatable bonds is 10. The third-order valence-electron chi connectivity index (χ3n) is 11.9. The van der Waals surface area contributed by atoms with Crippen LogP contribution in [0.25, 0.3) is 32.7 Å². The van der Waals surface area contributed by atoms with Crippen LogP contribution >= 0.6 is 7.92 Å². The molecule has 11 rings (SSSR count). The minimum absolute atomic E-state index is 0.203. The summed E-state index contributed by atoms with van der Waals surface area (Å²) in [6.45, 7) is 0.696. The first-order chi connectivity index (χ1) is 33.9. The Balaban J connectivity index is 0.000000130. The molecule has 4 aliphatic heterocycles. The Kier molecular flexibility index (Phi) is 14.4. The molecule has 2 saturated heterocycles. The summed E-state index contributed by atoms with van der Waals surface area (Å²) in [4.78, 5) is 38.6. The number of amides is 2. The Morgan fingerprint density at radius 3 is 1.41 bits per heavy atom. The topological polar surface area (TPSA) is 219 Å². The molecule has 17 heteroatoms. The van der Waals surface area contributed by atoms with Gasteiger partial charge in [0.25, 0.3) is 0 Å². The smallest absolute Gasteiger partial charge is 0.415 e. The number of ether oxygens (including phenoxy) is 4. The number of pyridine rings is 2. The molecule has 2 amide bonds. The molecule has 0 unspecified atom stereocenters. The number of aromatic nitrogens is 2. The van der Waals surface area contributed by atoms with Crippen molar-refractivity contribution in [1.82, 2.24) is 9.97 Å². The quantitative estimate of drug-likeness (QED) is 0.0532. The highest BCUT2D eigenvalue weighted by molar-refractivity contribution is 7.79. The Morgan fingerprint density at radius 1 is 0.609 bits per heavy atom. The molecule has 4 atom stereocenters. The third-order valence-corrected chi connectivity index (χ3v) is 14.3. The van der Waals surface area contributed by atoms with Crippen LogP contribution in [0, 0.1) is 0 Å². The number of cyclic esters (lactones) is 2. The standard InChI is InChI=1S/C18H15P.C17H15N5O4.C17H17N3O4/c1-4-10-16(11-5-1)19(17-12-6-2-7-13-17)18-14-8-3-9-15-18;18-21-20-7-12-3-1-11(6-19-12)10-2-4-13-15(5-10)25-9-14-16(8-23)26-17(24)22(13)14;18-6-12-3-1-11(7-19-12)10-2-4-13-15(5-10)23-9-14-16(8-21)24-17(22)20(13)14/h1-15H;1-6,14,16,23H,7-9H2;1-5,7,14,16,21H,6,8-9,18H2/t;2*14-,16-/m.00/s1.